The number of amides is 2. The lowest BCUT2D eigenvalue weighted by atomic mass is 10.1. The second kappa shape index (κ2) is 6.93. The number of fused-ring (bicyclic) bond motifs is 1. The number of carbonyl (C=O) groups excluding carboxylic acids is 1. The molecule has 0 spiro atoms. The van der Waals surface area contributed by atoms with Gasteiger partial charge in [-0.05, 0) is 35.2 Å². The molecule has 0 saturated heterocycles. The molecule has 1 aliphatic carbocycles. The van der Waals surface area contributed by atoms with Crippen molar-refractivity contribution in [1.29, 1.82) is 0 Å². The van der Waals surface area contributed by atoms with Gasteiger partial charge in [-0.2, -0.15) is 0 Å². The van der Waals surface area contributed by atoms with Gasteiger partial charge in [0.1, 0.15) is 5.75 Å². The number of ether oxygens (including phenoxy) is 1. The zero-order valence-corrected chi connectivity index (χ0v) is 13.9. The summed E-state index contributed by atoms with van der Waals surface area (Å²) >= 11 is 0. The van der Waals surface area contributed by atoms with Crippen LogP contribution in [0, 0.1) is 6.92 Å². The van der Waals surface area contributed by atoms with Gasteiger partial charge in [-0.1, -0.05) is 36.4 Å². The maximum absolute atomic E-state index is 12.2. The van der Waals surface area contributed by atoms with Crippen molar-refractivity contribution < 1.29 is 14.6 Å². The topological polar surface area (TPSA) is 70.6 Å². The molecular weight excluding hydrogens is 304 g/mol. The highest BCUT2D eigenvalue weighted by Gasteiger charge is 2.31. The van der Waals surface area contributed by atoms with Crippen LogP contribution >= 0.6 is 0 Å². The number of nitrogens with one attached hydrogen (secondary N) is 2. The van der Waals surface area contributed by atoms with Crippen molar-refractivity contribution in [3.8, 4) is 5.75 Å². The predicted molar refractivity (Wildman–Crippen MR) is 92.0 cm³/mol. The van der Waals surface area contributed by atoms with E-state index in [1.807, 2.05) is 49.4 Å². The molecule has 2 aromatic rings. The molecule has 2 aromatic carbocycles. The fourth-order valence-electron chi connectivity index (χ4n) is 3.17. The van der Waals surface area contributed by atoms with Gasteiger partial charge in [0, 0.05) is 13.0 Å². The van der Waals surface area contributed by atoms with Gasteiger partial charge >= 0.3 is 6.03 Å². The molecule has 1 aliphatic rings. The van der Waals surface area contributed by atoms with Gasteiger partial charge < -0.3 is 20.5 Å². The molecule has 0 saturated carbocycles. The SMILES string of the molecule is COc1ccc(CNC(=O)N[C@@H]2c3ccccc3C[C@@H]2O)cc1C. The van der Waals surface area contributed by atoms with Gasteiger partial charge in [0.15, 0.2) is 0 Å². The third-order valence-corrected chi connectivity index (χ3v) is 4.40. The molecule has 24 heavy (non-hydrogen) atoms. The minimum absolute atomic E-state index is 0.288. The predicted octanol–water partition coefficient (Wildman–Crippen LogP) is 2.46. The highest BCUT2D eigenvalue weighted by atomic mass is 16.5. The first-order chi connectivity index (χ1) is 11.6. The van der Waals surface area contributed by atoms with Crippen LogP contribution in [-0.4, -0.2) is 24.4 Å². The van der Waals surface area contributed by atoms with Gasteiger partial charge in [0.25, 0.3) is 0 Å². The second-order valence-electron chi connectivity index (χ2n) is 6.08. The standard InChI is InChI=1S/C19H22N2O3/c1-12-9-13(7-8-17(12)24-2)11-20-19(23)21-18-15-6-4-3-5-14(15)10-16(18)22/h3-9,16,18,22H,10-11H2,1-2H3,(H2,20,21,23)/t16-,18+/m0/s1. The molecule has 0 unspecified atom stereocenters. The van der Waals surface area contributed by atoms with E-state index in [0.29, 0.717) is 13.0 Å². The van der Waals surface area contributed by atoms with E-state index in [-0.39, 0.29) is 12.1 Å². The molecule has 0 bridgehead atoms. The fourth-order valence-corrected chi connectivity index (χ4v) is 3.17. The summed E-state index contributed by atoms with van der Waals surface area (Å²) in [6, 6.07) is 12.9. The summed E-state index contributed by atoms with van der Waals surface area (Å²) < 4.78 is 5.23. The van der Waals surface area contributed by atoms with Crippen molar-refractivity contribution in [2.24, 2.45) is 0 Å². The van der Waals surface area contributed by atoms with Crippen molar-refractivity contribution in [2.45, 2.75) is 32.0 Å². The van der Waals surface area contributed by atoms with Gasteiger partial charge in [0.2, 0.25) is 0 Å². The first kappa shape index (κ1) is 16.3. The molecule has 3 rings (SSSR count). The summed E-state index contributed by atoms with van der Waals surface area (Å²) in [5.74, 6) is 0.828. The molecule has 5 nitrogen and oxygen atoms in total. The van der Waals surface area contributed by atoms with E-state index >= 15 is 0 Å². The zero-order valence-electron chi connectivity index (χ0n) is 13.9. The molecule has 0 aromatic heterocycles. The number of aliphatic hydroxyl groups excluding tert-OH is 1. The Bertz CT molecular complexity index is 745. The van der Waals surface area contributed by atoms with Crippen LogP contribution in [0.2, 0.25) is 0 Å². The molecule has 5 heteroatoms. The van der Waals surface area contributed by atoms with Crippen LogP contribution in [0.4, 0.5) is 4.79 Å². The highest BCUT2D eigenvalue weighted by molar-refractivity contribution is 5.74. The van der Waals surface area contributed by atoms with Gasteiger partial charge in [0.05, 0.1) is 19.3 Å². The number of aliphatic hydroxyl groups is 1. The van der Waals surface area contributed by atoms with E-state index in [9.17, 15) is 9.90 Å². The molecule has 0 aliphatic heterocycles. The fraction of sp³-hybridized carbons (Fsp3) is 0.316. The lowest BCUT2D eigenvalue weighted by Crippen LogP contribution is -2.40. The minimum Gasteiger partial charge on any atom is -0.496 e. The van der Waals surface area contributed by atoms with Gasteiger partial charge in [-0.3, -0.25) is 0 Å². The summed E-state index contributed by atoms with van der Waals surface area (Å²) in [5.41, 5.74) is 4.09. The van der Waals surface area contributed by atoms with Crippen LogP contribution < -0.4 is 15.4 Å². The normalized spacial score (nSPS) is 18.8. The van der Waals surface area contributed by atoms with Crippen molar-refractivity contribution >= 4 is 6.03 Å². The number of rotatable bonds is 4. The Hall–Kier alpha value is -2.53. The van der Waals surface area contributed by atoms with E-state index in [1.165, 1.54) is 0 Å². The summed E-state index contributed by atoms with van der Waals surface area (Å²) in [6.45, 7) is 2.38. The van der Waals surface area contributed by atoms with Crippen LogP contribution in [0.15, 0.2) is 42.5 Å². The molecule has 2 atom stereocenters. The summed E-state index contributed by atoms with van der Waals surface area (Å²) in [4.78, 5) is 12.2. The molecule has 126 valence electrons. The number of hydrogen-bond donors (Lipinski definition) is 3. The maximum atomic E-state index is 12.2. The smallest absolute Gasteiger partial charge is 0.315 e. The average Bonchev–Trinajstić information content (AvgIpc) is 2.89. The first-order valence-corrected chi connectivity index (χ1v) is 8.02. The lowest BCUT2D eigenvalue weighted by Gasteiger charge is -2.18. The number of urea groups is 1. The minimum atomic E-state index is -0.587. The third-order valence-electron chi connectivity index (χ3n) is 4.40. The molecule has 0 radical (unpaired) electrons. The number of aryl methyl sites for hydroxylation is 1. The van der Waals surface area contributed by atoms with Crippen LogP contribution in [-0.2, 0) is 13.0 Å². The zero-order chi connectivity index (χ0) is 17.1. The van der Waals surface area contributed by atoms with Crippen molar-refractivity contribution in [3.05, 3.63) is 64.7 Å². The largest absolute Gasteiger partial charge is 0.496 e. The lowest BCUT2D eigenvalue weighted by molar-refractivity contribution is 0.142. The van der Waals surface area contributed by atoms with E-state index in [4.69, 9.17) is 4.74 Å². The average molecular weight is 326 g/mol. The Morgan fingerprint density at radius 3 is 2.83 bits per heavy atom. The maximum Gasteiger partial charge on any atom is 0.315 e. The van der Waals surface area contributed by atoms with E-state index in [1.54, 1.807) is 7.11 Å². The second-order valence-corrected chi connectivity index (χ2v) is 6.08. The van der Waals surface area contributed by atoms with Crippen molar-refractivity contribution in [1.82, 2.24) is 10.6 Å². The van der Waals surface area contributed by atoms with Gasteiger partial charge in [-0.15, -0.1) is 0 Å². The molecule has 0 fully saturated rings. The quantitative estimate of drug-likeness (QED) is 0.808. The Balaban J connectivity index is 1.59. The third kappa shape index (κ3) is 3.36. The molecule has 2 amide bonds. The highest BCUT2D eigenvalue weighted by Crippen LogP contribution is 2.31. The summed E-state index contributed by atoms with van der Waals surface area (Å²) in [6.07, 6.45) is -0.0184. The number of methoxy groups -OCH3 is 1. The Labute approximate surface area is 141 Å². The van der Waals surface area contributed by atoms with Crippen LogP contribution in [0.1, 0.15) is 28.3 Å². The van der Waals surface area contributed by atoms with E-state index in [2.05, 4.69) is 10.6 Å². The van der Waals surface area contributed by atoms with Crippen molar-refractivity contribution in [2.75, 3.05) is 7.11 Å². The van der Waals surface area contributed by atoms with Crippen molar-refractivity contribution in [3.63, 3.8) is 0 Å². The molecule has 3 N–H and O–H groups in total. The molecular formula is C19H22N2O3. The number of hydrogen-bond acceptors (Lipinski definition) is 3. The van der Waals surface area contributed by atoms with Gasteiger partial charge in [-0.25, -0.2) is 4.79 Å². The Kier molecular flexibility index (Phi) is 4.71. The summed E-state index contributed by atoms with van der Waals surface area (Å²) in [5, 5.41) is 15.9. The number of benzene rings is 2. The Morgan fingerprint density at radius 2 is 2.08 bits per heavy atom. The van der Waals surface area contributed by atoms with Crippen LogP contribution in [0.5, 0.6) is 5.75 Å². The summed E-state index contributed by atoms with van der Waals surface area (Å²) in [7, 11) is 1.64. The van der Waals surface area contributed by atoms with E-state index < -0.39 is 6.10 Å². The van der Waals surface area contributed by atoms with E-state index in [0.717, 1.165) is 28.0 Å². The Morgan fingerprint density at radius 1 is 1.29 bits per heavy atom. The first-order valence-electron chi connectivity index (χ1n) is 8.02. The monoisotopic (exact) mass is 326 g/mol. The van der Waals surface area contributed by atoms with Crippen LogP contribution in [0.3, 0.4) is 0 Å². The number of carbonyl (C=O) groups is 1. The molecule has 0 heterocycles. The van der Waals surface area contributed by atoms with Crippen LogP contribution in [0.25, 0.3) is 0 Å².